The Labute approximate surface area is 131 Å². The highest BCUT2D eigenvalue weighted by Gasteiger charge is 2.24. The molecule has 0 fully saturated rings. The summed E-state index contributed by atoms with van der Waals surface area (Å²) in [7, 11) is 1.58. The van der Waals surface area contributed by atoms with Gasteiger partial charge in [-0.05, 0) is 44.9 Å². The number of rotatable bonds is 6. The first-order chi connectivity index (χ1) is 10.2. The van der Waals surface area contributed by atoms with Crippen molar-refractivity contribution >= 4 is 6.09 Å². The lowest BCUT2D eigenvalue weighted by Gasteiger charge is -2.26. The molecule has 0 bridgehead atoms. The Morgan fingerprint density at radius 3 is 2.32 bits per heavy atom. The number of carbonyl (C=O) groups is 1. The highest BCUT2D eigenvalue weighted by Crippen LogP contribution is 2.14. The fraction of sp³-hybridized carbons (Fsp3) is 0.562. The molecular formula is C16H25NO5. The molecule has 0 aliphatic carbocycles. The highest BCUT2D eigenvalue weighted by atomic mass is 16.6. The monoisotopic (exact) mass is 311 g/mol. The van der Waals surface area contributed by atoms with E-state index in [2.05, 4.69) is 5.32 Å². The third-order valence-corrected chi connectivity index (χ3v) is 2.97. The predicted molar refractivity (Wildman–Crippen MR) is 82.9 cm³/mol. The molecular weight excluding hydrogens is 286 g/mol. The Morgan fingerprint density at radius 1 is 1.27 bits per heavy atom. The molecule has 0 aliphatic rings. The van der Waals surface area contributed by atoms with Crippen LogP contribution in [0.2, 0.25) is 0 Å². The number of amides is 1. The smallest absolute Gasteiger partial charge is 0.407 e. The van der Waals surface area contributed by atoms with Crippen LogP contribution in [-0.2, 0) is 11.2 Å². The van der Waals surface area contributed by atoms with Gasteiger partial charge in [0.15, 0.2) is 0 Å². The van der Waals surface area contributed by atoms with Crippen LogP contribution in [0.4, 0.5) is 4.79 Å². The van der Waals surface area contributed by atoms with E-state index >= 15 is 0 Å². The van der Waals surface area contributed by atoms with E-state index in [1.165, 1.54) is 0 Å². The lowest BCUT2D eigenvalue weighted by molar-refractivity contribution is 0.0320. The van der Waals surface area contributed by atoms with Gasteiger partial charge >= 0.3 is 6.09 Å². The van der Waals surface area contributed by atoms with Crippen LogP contribution in [0.5, 0.6) is 5.75 Å². The van der Waals surface area contributed by atoms with Crippen LogP contribution in [0.1, 0.15) is 26.3 Å². The molecule has 6 nitrogen and oxygen atoms in total. The van der Waals surface area contributed by atoms with Crippen LogP contribution in [0.25, 0.3) is 0 Å². The predicted octanol–water partition coefficient (Wildman–Crippen LogP) is 1.48. The van der Waals surface area contributed by atoms with Crippen LogP contribution < -0.4 is 10.1 Å². The normalized spacial score (nSPS) is 14.1. The van der Waals surface area contributed by atoms with Gasteiger partial charge in [0.25, 0.3) is 0 Å². The molecule has 0 aliphatic heterocycles. The van der Waals surface area contributed by atoms with Crippen LogP contribution in [0.15, 0.2) is 24.3 Å². The van der Waals surface area contributed by atoms with Gasteiger partial charge < -0.3 is 25.0 Å². The van der Waals surface area contributed by atoms with E-state index in [4.69, 9.17) is 14.6 Å². The molecule has 1 unspecified atom stereocenters. The summed E-state index contributed by atoms with van der Waals surface area (Å²) in [6.07, 6.45) is -1.33. The largest absolute Gasteiger partial charge is 0.497 e. The van der Waals surface area contributed by atoms with Gasteiger partial charge in [-0.2, -0.15) is 0 Å². The third-order valence-electron chi connectivity index (χ3n) is 2.97. The molecule has 22 heavy (non-hydrogen) atoms. The Balaban J connectivity index is 2.73. The number of alkyl carbamates (subject to hydrolysis) is 1. The summed E-state index contributed by atoms with van der Waals surface area (Å²) in [5.41, 5.74) is 0.271. The topological polar surface area (TPSA) is 88.0 Å². The molecule has 124 valence electrons. The first-order valence-corrected chi connectivity index (χ1v) is 7.16. The Kier molecular flexibility index (Phi) is 6.64. The van der Waals surface area contributed by atoms with Crippen molar-refractivity contribution in [1.82, 2.24) is 5.32 Å². The van der Waals surface area contributed by atoms with Gasteiger partial charge in [-0.25, -0.2) is 4.79 Å². The van der Waals surface area contributed by atoms with E-state index in [0.29, 0.717) is 6.42 Å². The summed E-state index contributed by atoms with van der Waals surface area (Å²) in [6, 6.07) is 6.63. The van der Waals surface area contributed by atoms with Gasteiger partial charge in [-0.15, -0.1) is 0 Å². The third kappa shape index (κ3) is 6.32. The molecule has 0 saturated heterocycles. The quantitative estimate of drug-likeness (QED) is 0.741. The summed E-state index contributed by atoms with van der Waals surface area (Å²) >= 11 is 0. The Morgan fingerprint density at radius 2 is 1.86 bits per heavy atom. The molecule has 3 N–H and O–H groups in total. The zero-order valence-corrected chi connectivity index (χ0v) is 13.5. The first kappa shape index (κ1) is 18.3. The molecule has 0 heterocycles. The number of ether oxygens (including phenoxy) is 2. The maximum Gasteiger partial charge on any atom is 0.407 e. The van der Waals surface area contributed by atoms with Gasteiger partial charge in [0.05, 0.1) is 25.9 Å². The van der Waals surface area contributed by atoms with E-state index < -0.39 is 30.4 Å². The minimum Gasteiger partial charge on any atom is -0.497 e. The average molecular weight is 311 g/mol. The molecule has 0 spiro atoms. The SMILES string of the molecule is COc1ccc(C[C@@H](NC(=O)OC(C)(C)C)C(O)CO)cc1. The average Bonchev–Trinajstić information content (AvgIpc) is 2.44. The second-order valence-electron chi connectivity index (χ2n) is 6.05. The van der Waals surface area contributed by atoms with E-state index in [-0.39, 0.29) is 0 Å². The minimum atomic E-state index is -1.07. The van der Waals surface area contributed by atoms with Crippen molar-refractivity contribution in [1.29, 1.82) is 0 Å². The highest BCUT2D eigenvalue weighted by molar-refractivity contribution is 5.68. The fourth-order valence-corrected chi connectivity index (χ4v) is 1.88. The first-order valence-electron chi connectivity index (χ1n) is 7.16. The van der Waals surface area contributed by atoms with E-state index in [9.17, 15) is 9.90 Å². The number of hydrogen-bond acceptors (Lipinski definition) is 5. The van der Waals surface area contributed by atoms with Crippen molar-refractivity contribution in [2.24, 2.45) is 0 Å². The summed E-state index contributed by atoms with van der Waals surface area (Å²) in [5, 5.41) is 21.6. The van der Waals surface area contributed by atoms with Crippen LogP contribution in [0, 0.1) is 0 Å². The zero-order chi connectivity index (χ0) is 16.8. The summed E-state index contributed by atoms with van der Waals surface area (Å²) in [4.78, 5) is 11.8. The lowest BCUT2D eigenvalue weighted by Crippen LogP contribution is -2.48. The Bertz CT molecular complexity index is 466. The van der Waals surface area contributed by atoms with Crippen LogP contribution >= 0.6 is 0 Å². The number of aliphatic hydroxyl groups excluding tert-OH is 2. The summed E-state index contributed by atoms with van der Waals surface area (Å²) < 4.78 is 10.3. The van der Waals surface area contributed by atoms with Gasteiger partial charge in [0, 0.05) is 0 Å². The molecule has 1 aromatic rings. The zero-order valence-electron chi connectivity index (χ0n) is 13.5. The van der Waals surface area contributed by atoms with Crippen molar-refractivity contribution in [2.45, 2.75) is 44.9 Å². The second kappa shape index (κ2) is 8.00. The standard InChI is InChI=1S/C16H25NO5/c1-16(2,3)22-15(20)17-13(14(19)10-18)9-11-5-7-12(21-4)8-6-11/h5-8,13-14,18-19H,9-10H2,1-4H3,(H,17,20)/t13-,14?/m1/s1. The van der Waals surface area contributed by atoms with Crippen LogP contribution in [-0.4, -0.2) is 47.8 Å². The van der Waals surface area contributed by atoms with Crippen molar-refractivity contribution in [3.05, 3.63) is 29.8 Å². The van der Waals surface area contributed by atoms with E-state index in [1.54, 1.807) is 40.0 Å². The maximum absolute atomic E-state index is 11.8. The van der Waals surface area contributed by atoms with Gasteiger partial charge in [0.1, 0.15) is 11.4 Å². The molecule has 0 aromatic heterocycles. The molecule has 2 atom stereocenters. The number of nitrogens with one attached hydrogen (secondary N) is 1. The van der Waals surface area contributed by atoms with Crippen molar-refractivity contribution in [2.75, 3.05) is 13.7 Å². The molecule has 1 aromatic carbocycles. The van der Waals surface area contributed by atoms with Crippen molar-refractivity contribution in [3.8, 4) is 5.75 Å². The number of aliphatic hydroxyl groups is 2. The number of carbonyl (C=O) groups excluding carboxylic acids is 1. The fourth-order valence-electron chi connectivity index (χ4n) is 1.88. The Hall–Kier alpha value is -1.79. The number of methoxy groups -OCH3 is 1. The van der Waals surface area contributed by atoms with Gasteiger partial charge in [-0.3, -0.25) is 0 Å². The van der Waals surface area contributed by atoms with Gasteiger partial charge in [0.2, 0.25) is 0 Å². The lowest BCUT2D eigenvalue weighted by atomic mass is 10.0. The van der Waals surface area contributed by atoms with Crippen molar-refractivity contribution in [3.63, 3.8) is 0 Å². The summed E-state index contributed by atoms with van der Waals surface area (Å²) in [5.74, 6) is 0.725. The molecule has 1 amide bonds. The molecule has 6 heteroatoms. The maximum atomic E-state index is 11.8. The summed E-state index contributed by atoms with van der Waals surface area (Å²) in [6.45, 7) is 4.82. The number of hydrogen-bond donors (Lipinski definition) is 3. The van der Waals surface area contributed by atoms with E-state index in [1.807, 2.05) is 12.1 Å². The van der Waals surface area contributed by atoms with E-state index in [0.717, 1.165) is 11.3 Å². The minimum absolute atomic E-state index is 0.366. The van der Waals surface area contributed by atoms with Gasteiger partial charge in [-0.1, -0.05) is 12.1 Å². The van der Waals surface area contributed by atoms with Crippen molar-refractivity contribution < 1.29 is 24.5 Å². The molecule has 1 rings (SSSR count). The number of benzene rings is 1. The van der Waals surface area contributed by atoms with Crippen LogP contribution in [0.3, 0.4) is 0 Å². The second-order valence-corrected chi connectivity index (χ2v) is 6.05. The molecule has 0 saturated carbocycles. The molecule has 0 radical (unpaired) electrons.